The van der Waals surface area contributed by atoms with Crippen LogP contribution in [0.2, 0.25) is 0 Å². The average molecular weight is 284 g/mol. The standard InChI is InChI=1S/C14H32OP.ClH/c1-4-7-11-16(14-10-15,12-8-5-2)13-9-6-3;/h15H,4-14H2,1-3H3;1H/q+1;. The number of rotatable bonds is 11. The molecule has 106 valence electrons. The molecule has 0 aliphatic heterocycles. The molecule has 1 N–H and O–H groups in total. The fourth-order valence-electron chi connectivity index (χ4n) is 2.36. The Morgan fingerprint density at radius 1 is 0.706 bits per heavy atom. The van der Waals surface area contributed by atoms with Crippen LogP contribution in [0.5, 0.6) is 0 Å². The summed E-state index contributed by atoms with van der Waals surface area (Å²) in [6.45, 7) is 7.28. The van der Waals surface area contributed by atoms with E-state index in [1.54, 1.807) is 0 Å². The van der Waals surface area contributed by atoms with Gasteiger partial charge in [0.1, 0.15) is 0 Å². The fourth-order valence-corrected chi connectivity index (χ4v) is 7.09. The van der Waals surface area contributed by atoms with Crippen LogP contribution in [-0.4, -0.2) is 36.4 Å². The highest BCUT2D eigenvalue weighted by molar-refractivity contribution is 7.75. The lowest BCUT2D eigenvalue weighted by atomic mass is 10.4. The predicted octanol–water partition coefficient (Wildman–Crippen LogP) is 4.82. The Kier molecular flexibility index (Phi) is 15.4. The summed E-state index contributed by atoms with van der Waals surface area (Å²) in [7, 11) is -0.796. The molecule has 0 aromatic heterocycles. The normalized spacial score (nSPS) is 11.3. The van der Waals surface area contributed by atoms with Gasteiger partial charge in [0.25, 0.3) is 0 Å². The highest BCUT2D eigenvalue weighted by Crippen LogP contribution is 2.60. The van der Waals surface area contributed by atoms with Crippen molar-refractivity contribution in [2.45, 2.75) is 59.3 Å². The zero-order valence-electron chi connectivity index (χ0n) is 12.1. The minimum absolute atomic E-state index is 0. The van der Waals surface area contributed by atoms with Crippen LogP contribution in [0.4, 0.5) is 0 Å². The molecule has 0 amide bonds. The van der Waals surface area contributed by atoms with E-state index >= 15 is 0 Å². The molecule has 3 heteroatoms. The number of unbranched alkanes of at least 4 members (excludes halogenated alkanes) is 3. The second-order valence-corrected chi connectivity index (χ2v) is 9.49. The summed E-state index contributed by atoms with van der Waals surface area (Å²) in [5.74, 6) is 0. The van der Waals surface area contributed by atoms with Crippen LogP contribution in [0.1, 0.15) is 59.3 Å². The molecule has 0 aromatic carbocycles. The predicted molar refractivity (Wildman–Crippen MR) is 85.4 cm³/mol. The van der Waals surface area contributed by atoms with Gasteiger partial charge < -0.3 is 5.11 Å². The monoisotopic (exact) mass is 283 g/mol. The van der Waals surface area contributed by atoms with Crippen molar-refractivity contribution in [3.05, 3.63) is 0 Å². The van der Waals surface area contributed by atoms with Crippen LogP contribution in [0.15, 0.2) is 0 Å². The van der Waals surface area contributed by atoms with Crippen LogP contribution in [0.3, 0.4) is 0 Å². The van der Waals surface area contributed by atoms with E-state index in [0.717, 1.165) is 6.16 Å². The molecule has 0 saturated heterocycles. The molecule has 0 bridgehead atoms. The van der Waals surface area contributed by atoms with Gasteiger partial charge in [-0.05, 0) is 19.3 Å². The summed E-state index contributed by atoms with van der Waals surface area (Å²) in [5.41, 5.74) is 0. The van der Waals surface area contributed by atoms with Crippen LogP contribution in [0, 0.1) is 0 Å². The molecule has 0 fully saturated rings. The van der Waals surface area contributed by atoms with Crippen molar-refractivity contribution in [2.75, 3.05) is 31.3 Å². The van der Waals surface area contributed by atoms with E-state index in [1.807, 2.05) is 0 Å². The lowest BCUT2D eigenvalue weighted by molar-refractivity contribution is 0.320. The molecule has 0 aliphatic rings. The Balaban J connectivity index is 0. The summed E-state index contributed by atoms with van der Waals surface area (Å²) in [5, 5.41) is 9.33. The minimum Gasteiger partial charge on any atom is -0.393 e. The van der Waals surface area contributed by atoms with Gasteiger partial charge in [-0.15, -0.1) is 12.4 Å². The van der Waals surface area contributed by atoms with E-state index in [4.69, 9.17) is 0 Å². The Morgan fingerprint density at radius 2 is 1.06 bits per heavy atom. The van der Waals surface area contributed by atoms with Crippen LogP contribution in [0.25, 0.3) is 0 Å². The largest absolute Gasteiger partial charge is 0.393 e. The van der Waals surface area contributed by atoms with Gasteiger partial charge >= 0.3 is 0 Å². The molecule has 0 spiro atoms. The first-order valence-electron chi connectivity index (χ1n) is 7.20. The third-order valence-electron chi connectivity index (χ3n) is 3.53. The molecule has 1 nitrogen and oxygen atoms in total. The third kappa shape index (κ3) is 9.28. The minimum atomic E-state index is -0.796. The molecular weight excluding hydrogens is 251 g/mol. The average Bonchev–Trinajstić information content (AvgIpc) is 2.31. The molecule has 17 heavy (non-hydrogen) atoms. The Hall–Kier alpha value is 0.680. The molecule has 0 rings (SSSR count). The van der Waals surface area contributed by atoms with Gasteiger partial charge in [0.05, 0.1) is 31.3 Å². The first-order valence-corrected chi connectivity index (χ1v) is 9.73. The van der Waals surface area contributed by atoms with Gasteiger partial charge in [-0.3, -0.25) is 0 Å². The number of halogens is 1. The third-order valence-corrected chi connectivity index (χ3v) is 8.48. The van der Waals surface area contributed by atoms with Crippen LogP contribution in [-0.2, 0) is 0 Å². The number of hydrogen-bond donors (Lipinski definition) is 1. The van der Waals surface area contributed by atoms with E-state index in [1.165, 1.54) is 57.0 Å². The van der Waals surface area contributed by atoms with Crippen molar-refractivity contribution in [2.24, 2.45) is 0 Å². The van der Waals surface area contributed by atoms with E-state index in [9.17, 15) is 5.11 Å². The number of aliphatic hydroxyl groups excluding tert-OH is 1. The summed E-state index contributed by atoms with van der Waals surface area (Å²) < 4.78 is 0. The molecular formula is C14H33ClOP+. The summed E-state index contributed by atoms with van der Waals surface area (Å²) in [4.78, 5) is 0. The molecule has 0 aliphatic carbocycles. The first kappa shape index (κ1) is 20.0. The Labute approximate surface area is 116 Å². The Morgan fingerprint density at radius 3 is 1.29 bits per heavy atom. The summed E-state index contributed by atoms with van der Waals surface area (Å²) >= 11 is 0. The van der Waals surface area contributed by atoms with Gasteiger partial charge in [-0.25, -0.2) is 0 Å². The van der Waals surface area contributed by atoms with Crippen molar-refractivity contribution >= 4 is 19.7 Å². The topological polar surface area (TPSA) is 20.2 Å². The highest BCUT2D eigenvalue weighted by atomic mass is 35.5. The first-order chi connectivity index (χ1) is 7.74. The van der Waals surface area contributed by atoms with E-state index in [0.29, 0.717) is 6.61 Å². The second-order valence-electron chi connectivity index (χ2n) is 5.02. The van der Waals surface area contributed by atoms with Crippen molar-refractivity contribution in [1.29, 1.82) is 0 Å². The van der Waals surface area contributed by atoms with Gasteiger partial charge in [0, 0.05) is 7.26 Å². The molecule has 0 heterocycles. The zero-order valence-corrected chi connectivity index (χ0v) is 13.8. The molecule has 0 saturated carbocycles. The number of hydrogen-bond acceptors (Lipinski definition) is 1. The van der Waals surface area contributed by atoms with Crippen molar-refractivity contribution in [1.82, 2.24) is 0 Å². The van der Waals surface area contributed by atoms with Gasteiger partial charge in [0.2, 0.25) is 0 Å². The maximum absolute atomic E-state index is 9.33. The van der Waals surface area contributed by atoms with Crippen LogP contribution >= 0.6 is 19.7 Å². The van der Waals surface area contributed by atoms with Crippen LogP contribution < -0.4 is 0 Å². The second kappa shape index (κ2) is 13.1. The molecule has 0 unspecified atom stereocenters. The maximum Gasteiger partial charge on any atom is 0.0825 e. The van der Waals surface area contributed by atoms with Gasteiger partial charge in [-0.1, -0.05) is 40.0 Å². The number of aliphatic hydroxyl groups is 1. The fraction of sp³-hybridized carbons (Fsp3) is 1.00. The molecule has 0 aromatic rings. The zero-order chi connectivity index (χ0) is 12.3. The lowest BCUT2D eigenvalue weighted by Crippen LogP contribution is -2.14. The van der Waals surface area contributed by atoms with E-state index in [2.05, 4.69) is 20.8 Å². The van der Waals surface area contributed by atoms with Crippen molar-refractivity contribution in [3.8, 4) is 0 Å². The summed E-state index contributed by atoms with van der Waals surface area (Å²) in [6, 6.07) is 0. The SMILES string of the molecule is CCCC[P+](CCO)(CCCC)CCCC.Cl. The van der Waals surface area contributed by atoms with E-state index in [-0.39, 0.29) is 12.4 Å². The van der Waals surface area contributed by atoms with Crippen molar-refractivity contribution in [3.63, 3.8) is 0 Å². The maximum atomic E-state index is 9.33. The molecule has 0 radical (unpaired) electrons. The lowest BCUT2D eigenvalue weighted by Gasteiger charge is -2.27. The van der Waals surface area contributed by atoms with E-state index < -0.39 is 7.26 Å². The highest BCUT2D eigenvalue weighted by Gasteiger charge is 2.34. The quantitative estimate of drug-likeness (QED) is 0.539. The van der Waals surface area contributed by atoms with Crippen molar-refractivity contribution < 1.29 is 5.11 Å². The Bertz CT molecular complexity index is 131. The van der Waals surface area contributed by atoms with Gasteiger partial charge in [-0.2, -0.15) is 0 Å². The van der Waals surface area contributed by atoms with Gasteiger partial charge in [0.15, 0.2) is 0 Å². The molecule has 0 atom stereocenters. The smallest absolute Gasteiger partial charge is 0.0825 e. The summed E-state index contributed by atoms with van der Waals surface area (Å²) in [6.07, 6.45) is 13.5.